The summed E-state index contributed by atoms with van der Waals surface area (Å²) in [4.78, 5) is 0. The van der Waals surface area contributed by atoms with Crippen molar-refractivity contribution in [3.8, 4) is 0 Å². The van der Waals surface area contributed by atoms with E-state index in [1.54, 1.807) is 0 Å². The van der Waals surface area contributed by atoms with Gasteiger partial charge < -0.3 is 4.48 Å². The average molecular weight is 168 g/mol. The summed E-state index contributed by atoms with van der Waals surface area (Å²) < 4.78 is 1.07. The van der Waals surface area contributed by atoms with Gasteiger partial charge in [-0.2, -0.15) is 0 Å². The first kappa shape index (κ1) is 9.66. The Kier molecular flexibility index (Phi) is 4.01. The van der Waals surface area contributed by atoms with Crippen molar-refractivity contribution in [1.29, 1.82) is 0 Å². The molecule has 0 N–H and O–H groups in total. The summed E-state index contributed by atoms with van der Waals surface area (Å²) in [5.41, 5.74) is 0. The molecule has 0 spiro atoms. The average Bonchev–Trinajstić information content (AvgIpc) is 1.59. The summed E-state index contributed by atoms with van der Waals surface area (Å²) in [6.07, 6.45) is 4.60. The summed E-state index contributed by atoms with van der Waals surface area (Å²) in [6, 6.07) is 0. The fourth-order valence-corrected chi connectivity index (χ4v) is 2.60. The molecule has 0 aromatic heterocycles. The smallest absolute Gasteiger partial charge is 0.133 e. The van der Waals surface area contributed by atoms with Crippen molar-refractivity contribution >= 4 is 20.7 Å². The van der Waals surface area contributed by atoms with Crippen molar-refractivity contribution in [2.75, 3.05) is 39.5 Å². The molecule has 0 rings (SSSR count). The van der Waals surface area contributed by atoms with E-state index in [1.807, 2.05) is 0 Å². The normalized spacial score (nSPS) is 13.7. The Bertz CT molecular complexity index is 75.6. The molecule has 0 heterocycles. The summed E-state index contributed by atoms with van der Waals surface area (Å²) in [5.74, 6) is 1.23. The van der Waals surface area contributed by atoms with E-state index in [2.05, 4.69) is 44.4 Å². The van der Waals surface area contributed by atoms with Crippen LogP contribution in [0.15, 0.2) is 0 Å². The zero-order chi connectivity index (χ0) is 7.49. The van der Waals surface area contributed by atoms with E-state index in [9.17, 15) is 0 Å². The summed E-state index contributed by atoms with van der Waals surface area (Å²) in [6.45, 7) is 0. The number of thiol groups is 1. The number of hydrogen-bond acceptors (Lipinski definition) is 1. The van der Waals surface area contributed by atoms with Crippen LogP contribution in [0.5, 0.6) is 0 Å². The van der Waals surface area contributed by atoms with Crippen molar-refractivity contribution in [3.05, 3.63) is 0 Å². The van der Waals surface area contributed by atoms with Gasteiger partial charge in [-0.15, -0.1) is 0 Å². The first-order valence-corrected chi connectivity index (χ1v) is 6.85. The van der Waals surface area contributed by atoms with Crippen molar-refractivity contribution in [1.82, 2.24) is 0 Å². The first-order valence-electron chi connectivity index (χ1n) is 3.02. The van der Waals surface area contributed by atoms with Gasteiger partial charge in [0.25, 0.3) is 0 Å². The molecule has 0 radical (unpaired) electrons. The van der Waals surface area contributed by atoms with Crippen LogP contribution in [-0.2, 0) is 0 Å². The lowest BCUT2D eigenvalue weighted by molar-refractivity contribution is -0.856. The maximum atomic E-state index is 2.30. The minimum Gasteiger partial charge on any atom is -0.322 e. The van der Waals surface area contributed by atoms with E-state index < -0.39 is 0 Å². The third kappa shape index (κ3) is 8.66. The Morgan fingerprint density at radius 3 is 1.78 bits per heavy atom. The van der Waals surface area contributed by atoms with E-state index in [0.29, 0.717) is 0 Å². The topological polar surface area (TPSA) is 0 Å². The summed E-state index contributed by atoms with van der Waals surface area (Å²) in [7, 11) is 9.00. The minimum atomic E-state index is 0.236. The van der Waals surface area contributed by atoms with Gasteiger partial charge in [0.15, 0.2) is 0 Å². The molecule has 0 aliphatic heterocycles. The van der Waals surface area contributed by atoms with Crippen molar-refractivity contribution in [2.24, 2.45) is 0 Å². The van der Waals surface area contributed by atoms with Gasteiger partial charge >= 0.3 is 0 Å². The molecule has 1 nitrogen and oxygen atoms in total. The Labute approximate surface area is 65.1 Å². The molecule has 3 heteroatoms. The number of quaternary nitrogens is 1. The van der Waals surface area contributed by atoms with Crippen molar-refractivity contribution in [2.45, 2.75) is 0 Å². The SMILES string of the molecule is C[SH](C)SC[N+](C)(C)C. The van der Waals surface area contributed by atoms with Crippen molar-refractivity contribution in [3.63, 3.8) is 0 Å². The highest BCUT2D eigenvalue weighted by Crippen LogP contribution is 2.33. The molecular formula is C6H18NS2+. The molecule has 0 fully saturated rings. The molecule has 0 aromatic carbocycles. The van der Waals surface area contributed by atoms with Crippen LogP contribution >= 0.6 is 20.7 Å². The summed E-state index contributed by atoms with van der Waals surface area (Å²) >= 11 is 0. The van der Waals surface area contributed by atoms with E-state index >= 15 is 0 Å². The molecule has 0 unspecified atom stereocenters. The second kappa shape index (κ2) is 3.74. The van der Waals surface area contributed by atoms with E-state index in [0.717, 1.165) is 4.48 Å². The lowest BCUT2D eigenvalue weighted by atomic mass is 10.8. The maximum absolute atomic E-state index is 2.30. The molecular weight excluding hydrogens is 150 g/mol. The predicted molar refractivity (Wildman–Crippen MR) is 51.3 cm³/mol. The van der Waals surface area contributed by atoms with Crippen LogP contribution in [0.25, 0.3) is 0 Å². The highest BCUT2D eigenvalue weighted by Gasteiger charge is 2.05. The van der Waals surface area contributed by atoms with Gasteiger partial charge in [-0.05, 0) is 12.5 Å². The highest BCUT2D eigenvalue weighted by molar-refractivity contribution is 8.84. The van der Waals surface area contributed by atoms with Crippen LogP contribution in [0, 0.1) is 0 Å². The highest BCUT2D eigenvalue weighted by atomic mass is 33.1. The standard InChI is InChI=1S/C6H18NS2/c1-7(2,3)6-8-9(4)5/h9H,6H2,1-5H3/q+1. The Morgan fingerprint density at radius 2 is 1.67 bits per heavy atom. The molecule has 0 saturated heterocycles. The van der Waals surface area contributed by atoms with Gasteiger partial charge in [0.05, 0.1) is 21.1 Å². The van der Waals surface area contributed by atoms with Crippen LogP contribution in [0.2, 0.25) is 0 Å². The molecule has 0 aliphatic carbocycles. The largest absolute Gasteiger partial charge is 0.322 e. The Hall–Kier alpha value is 0.660. The molecule has 58 valence electrons. The number of rotatable bonds is 3. The zero-order valence-electron chi connectivity index (χ0n) is 7.01. The monoisotopic (exact) mass is 168 g/mol. The first-order chi connectivity index (χ1) is 3.92. The molecule has 0 aliphatic rings. The number of nitrogens with zero attached hydrogens (tertiary/aromatic N) is 1. The predicted octanol–water partition coefficient (Wildman–Crippen LogP) is 1.56. The second-order valence-electron chi connectivity index (χ2n) is 3.36. The third-order valence-corrected chi connectivity index (χ3v) is 4.01. The maximum Gasteiger partial charge on any atom is 0.133 e. The quantitative estimate of drug-likeness (QED) is 0.289. The molecule has 0 amide bonds. The van der Waals surface area contributed by atoms with Crippen LogP contribution < -0.4 is 0 Å². The van der Waals surface area contributed by atoms with Crippen LogP contribution in [0.3, 0.4) is 0 Å². The molecule has 0 saturated carbocycles. The molecule has 9 heavy (non-hydrogen) atoms. The fourth-order valence-electron chi connectivity index (χ4n) is 0.289. The van der Waals surface area contributed by atoms with Crippen molar-refractivity contribution < 1.29 is 4.48 Å². The zero-order valence-corrected chi connectivity index (χ0v) is 8.72. The molecule has 0 bridgehead atoms. The van der Waals surface area contributed by atoms with Gasteiger partial charge in [0.2, 0.25) is 0 Å². The Balaban J connectivity index is 3.28. The number of hydrogen-bond donors (Lipinski definition) is 1. The lowest BCUT2D eigenvalue weighted by Crippen LogP contribution is -2.33. The van der Waals surface area contributed by atoms with Gasteiger partial charge in [-0.25, -0.2) is 9.93 Å². The third-order valence-electron chi connectivity index (χ3n) is 0.703. The molecule has 0 aromatic rings. The van der Waals surface area contributed by atoms with Crippen LogP contribution in [0.1, 0.15) is 0 Å². The fraction of sp³-hybridized carbons (Fsp3) is 1.00. The molecule has 0 atom stereocenters. The van der Waals surface area contributed by atoms with E-state index in [-0.39, 0.29) is 9.93 Å². The van der Waals surface area contributed by atoms with E-state index in [4.69, 9.17) is 0 Å². The Morgan fingerprint density at radius 1 is 1.22 bits per heavy atom. The summed E-state index contributed by atoms with van der Waals surface area (Å²) in [5, 5.41) is 0. The van der Waals surface area contributed by atoms with Gasteiger partial charge in [0, 0.05) is 0 Å². The van der Waals surface area contributed by atoms with Crippen LogP contribution in [-0.4, -0.2) is 44.0 Å². The lowest BCUT2D eigenvalue weighted by Gasteiger charge is -2.24. The van der Waals surface area contributed by atoms with Gasteiger partial charge in [0.1, 0.15) is 5.88 Å². The second-order valence-corrected chi connectivity index (χ2v) is 8.47. The van der Waals surface area contributed by atoms with Gasteiger partial charge in [-0.1, -0.05) is 10.8 Å². The minimum absolute atomic E-state index is 0.236. The van der Waals surface area contributed by atoms with E-state index in [1.165, 1.54) is 5.88 Å². The van der Waals surface area contributed by atoms with Gasteiger partial charge in [-0.3, -0.25) is 0 Å². The van der Waals surface area contributed by atoms with Crippen LogP contribution in [0.4, 0.5) is 0 Å².